The minimum Gasteiger partial charge on any atom is -0.497 e. The number of rotatable bonds is 3. The van der Waals surface area contributed by atoms with Crippen molar-refractivity contribution in [2.75, 3.05) is 38.2 Å². The molecule has 3 heterocycles. The molecule has 0 atom stereocenters. The zero-order valence-corrected chi connectivity index (χ0v) is 12.8. The molecule has 1 aliphatic rings. The van der Waals surface area contributed by atoms with Crippen LogP contribution in [0.4, 0.5) is 5.82 Å². The first kappa shape index (κ1) is 13.9. The third-order valence-electron chi connectivity index (χ3n) is 3.95. The second kappa shape index (κ2) is 5.81. The van der Waals surface area contributed by atoms with Crippen molar-refractivity contribution in [2.45, 2.75) is 0 Å². The molecule has 23 heavy (non-hydrogen) atoms. The molecule has 4 rings (SSSR count). The molecule has 0 spiro atoms. The highest BCUT2D eigenvalue weighted by Crippen LogP contribution is 2.23. The number of fused-ring (bicyclic) bond motifs is 1. The van der Waals surface area contributed by atoms with Gasteiger partial charge in [0, 0.05) is 26.2 Å². The van der Waals surface area contributed by atoms with Crippen LogP contribution in [0.2, 0.25) is 0 Å². The largest absolute Gasteiger partial charge is 0.497 e. The normalized spacial score (nSPS) is 15.1. The van der Waals surface area contributed by atoms with E-state index in [1.165, 1.54) is 0 Å². The molecule has 0 saturated carbocycles. The third kappa shape index (κ3) is 2.46. The molecule has 0 unspecified atom stereocenters. The number of ether oxygens (including phenoxy) is 1. The number of hydrogen-bond acceptors (Lipinski definition) is 7. The van der Waals surface area contributed by atoms with Gasteiger partial charge in [0.1, 0.15) is 12.1 Å². The Balaban J connectivity index is 1.77. The van der Waals surface area contributed by atoms with E-state index in [0.717, 1.165) is 49.0 Å². The molecule has 1 aromatic carbocycles. The number of piperazine rings is 1. The van der Waals surface area contributed by atoms with Crippen LogP contribution in [-0.2, 0) is 0 Å². The van der Waals surface area contributed by atoms with E-state index in [1.807, 2.05) is 24.3 Å². The smallest absolute Gasteiger partial charge is 0.189 e. The average molecular weight is 311 g/mol. The van der Waals surface area contributed by atoms with E-state index in [2.05, 4.69) is 30.5 Å². The summed E-state index contributed by atoms with van der Waals surface area (Å²) in [6, 6.07) is 7.64. The average Bonchev–Trinajstić information content (AvgIpc) is 3.06. The fraction of sp³-hybridized carbons (Fsp3) is 0.333. The fourth-order valence-electron chi connectivity index (χ4n) is 2.74. The van der Waals surface area contributed by atoms with E-state index >= 15 is 0 Å². The van der Waals surface area contributed by atoms with Gasteiger partial charge in [0.15, 0.2) is 17.0 Å². The van der Waals surface area contributed by atoms with Crippen molar-refractivity contribution in [2.24, 2.45) is 0 Å². The number of anilines is 1. The van der Waals surface area contributed by atoms with Crippen molar-refractivity contribution in [1.82, 2.24) is 30.3 Å². The van der Waals surface area contributed by atoms with Crippen LogP contribution >= 0.6 is 0 Å². The topological polar surface area (TPSA) is 81.0 Å². The molecule has 8 nitrogen and oxygen atoms in total. The first-order valence-electron chi connectivity index (χ1n) is 7.53. The van der Waals surface area contributed by atoms with Crippen molar-refractivity contribution >= 4 is 17.0 Å². The summed E-state index contributed by atoms with van der Waals surface area (Å²) in [7, 11) is 1.65. The molecule has 0 aliphatic carbocycles. The Hall–Kier alpha value is -2.74. The number of nitrogens with zero attached hydrogens (tertiary/aromatic N) is 6. The van der Waals surface area contributed by atoms with Gasteiger partial charge >= 0.3 is 0 Å². The quantitative estimate of drug-likeness (QED) is 0.759. The number of methoxy groups -OCH3 is 1. The molecule has 1 aliphatic heterocycles. The van der Waals surface area contributed by atoms with Gasteiger partial charge in [-0.2, -0.15) is 4.68 Å². The maximum absolute atomic E-state index is 5.19. The highest BCUT2D eigenvalue weighted by atomic mass is 16.5. The molecule has 0 bridgehead atoms. The molecule has 1 fully saturated rings. The van der Waals surface area contributed by atoms with E-state index in [-0.39, 0.29) is 0 Å². The van der Waals surface area contributed by atoms with E-state index in [9.17, 15) is 0 Å². The minimum absolute atomic E-state index is 0.707. The Kier molecular flexibility index (Phi) is 3.51. The van der Waals surface area contributed by atoms with E-state index < -0.39 is 0 Å². The lowest BCUT2D eigenvalue weighted by Gasteiger charge is -2.28. The molecule has 8 heteroatoms. The van der Waals surface area contributed by atoms with E-state index in [1.54, 1.807) is 18.1 Å². The van der Waals surface area contributed by atoms with Gasteiger partial charge in [-0.05, 0) is 24.3 Å². The van der Waals surface area contributed by atoms with Gasteiger partial charge in [-0.25, -0.2) is 9.97 Å². The number of nitrogens with one attached hydrogen (secondary N) is 1. The SMILES string of the molecule is COc1ccc(-n2nnc3c(N4CCNCC4)ncnc32)cc1. The number of benzene rings is 1. The molecule has 2 aromatic heterocycles. The summed E-state index contributed by atoms with van der Waals surface area (Å²) >= 11 is 0. The van der Waals surface area contributed by atoms with Gasteiger partial charge in [0.2, 0.25) is 0 Å². The standard InChI is InChI=1S/C15H17N7O/c1-23-12-4-2-11(3-5-12)22-15-13(19-20-22)14(17-10-18-15)21-8-6-16-7-9-21/h2-5,10,16H,6-9H2,1H3. The summed E-state index contributed by atoms with van der Waals surface area (Å²) < 4.78 is 6.91. The monoisotopic (exact) mass is 311 g/mol. The Morgan fingerprint density at radius 3 is 2.61 bits per heavy atom. The zero-order chi connectivity index (χ0) is 15.6. The summed E-state index contributed by atoms with van der Waals surface area (Å²) in [5.74, 6) is 1.64. The molecular formula is C15H17N7O. The number of hydrogen-bond donors (Lipinski definition) is 1. The second-order valence-corrected chi connectivity index (χ2v) is 5.31. The van der Waals surface area contributed by atoms with Gasteiger partial charge in [-0.1, -0.05) is 5.21 Å². The molecular weight excluding hydrogens is 294 g/mol. The van der Waals surface area contributed by atoms with Gasteiger partial charge in [-0.3, -0.25) is 0 Å². The molecule has 0 radical (unpaired) electrons. The van der Waals surface area contributed by atoms with Crippen molar-refractivity contribution in [3.8, 4) is 11.4 Å². The maximum atomic E-state index is 5.19. The van der Waals surface area contributed by atoms with Gasteiger partial charge in [-0.15, -0.1) is 5.10 Å². The van der Waals surface area contributed by atoms with Crippen LogP contribution in [0, 0.1) is 0 Å². The van der Waals surface area contributed by atoms with E-state index in [0.29, 0.717) is 5.65 Å². The first-order valence-corrected chi connectivity index (χ1v) is 7.53. The van der Waals surface area contributed by atoms with Crippen LogP contribution in [0.25, 0.3) is 16.9 Å². The van der Waals surface area contributed by atoms with Crippen LogP contribution in [0.5, 0.6) is 5.75 Å². The summed E-state index contributed by atoms with van der Waals surface area (Å²) in [5, 5.41) is 11.9. The van der Waals surface area contributed by atoms with Crippen molar-refractivity contribution in [1.29, 1.82) is 0 Å². The predicted molar refractivity (Wildman–Crippen MR) is 86.1 cm³/mol. The zero-order valence-electron chi connectivity index (χ0n) is 12.8. The summed E-state index contributed by atoms with van der Waals surface area (Å²) in [5.41, 5.74) is 2.32. The lowest BCUT2D eigenvalue weighted by atomic mass is 10.3. The summed E-state index contributed by atoms with van der Waals surface area (Å²) in [6.45, 7) is 3.69. The Bertz CT molecular complexity index is 808. The number of aromatic nitrogens is 5. The van der Waals surface area contributed by atoms with Crippen molar-refractivity contribution < 1.29 is 4.74 Å². The molecule has 3 aromatic rings. The van der Waals surface area contributed by atoms with Crippen LogP contribution in [0.15, 0.2) is 30.6 Å². The van der Waals surface area contributed by atoms with Gasteiger partial charge in [0.05, 0.1) is 12.8 Å². The predicted octanol–water partition coefficient (Wildman–Crippen LogP) is 0.629. The summed E-state index contributed by atoms with van der Waals surface area (Å²) in [6.07, 6.45) is 1.57. The molecule has 118 valence electrons. The Morgan fingerprint density at radius 2 is 1.87 bits per heavy atom. The molecule has 1 saturated heterocycles. The van der Waals surface area contributed by atoms with Gasteiger partial charge in [0.25, 0.3) is 0 Å². The lowest BCUT2D eigenvalue weighted by molar-refractivity contribution is 0.414. The van der Waals surface area contributed by atoms with Crippen LogP contribution < -0.4 is 15.0 Å². The first-order chi connectivity index (χ1) is 11.4. The Morgan fingerprint density at radius 1 is 1.09 bits per heavy atom. The molecule has 0 amide bonds. The second-order valence-electron chi connectivity index (χ2n) is 5.31. The Labute approximate surface area is 133 Å². The lowest BCUT2D eigenvalue weighted by Crippen LogP contribution is -2.44. The van der Waals surface area contributed by atoms with Crippen LogP contribution in [-0.4, -0.2) is 58.3 Å². The van der Waals surface area contributed by atoms with Crippen LogP contribution in [0.3, 0.4) is 0 Å². The van der Waals surface area contributed by atoms with Crippen LogP contribution in [0.1, 0.15) is 0 Å². The maximum Gasteiger partial charge on any atom is 0.189 e. The van der Waals surface area contributed by atoms with Crippen molar-refractivity contribution in [3.63, 3.8) is 0 Å². The van der Waals surface area contributed by atoms with E-state index in [4.69, 9.17) is 4.74 Å². The summed E-state index contributed by atoms with van der Waals surface area (Å²) in [4.78, 5) is 11.0. The fourth-order valence-corrected chi connectivity index (χ4v) is 2.74. The highest BCUT2D eigenvalue weighted by Gasteiger charge is 2.19. The third-order valence-corrected chi connectivity index (χ3v) is 3.95. The highest BCUT2D eigenvalue weighted by molar-refractivity contribution is 5.83. The minimum atomic E-state index is 0.707. The van der Waals surface area contributed by atoms with Gasteiger partial charge < -0.3 is 15.0 Å². The molecule has 1 N–H and O–H groups in total. The van der Waals surface area contributed by atoms with Crippen molar-refractivity contribution in [3.05, 3.63) is 30.6 Å².